The van der Waals surface area contributed by atoms with Gasteiger partial charge < -0.3 is 18.9 Å². The van der Waals surface area contributed by atoms with Crippen molar-refractivity contribution in [1.82, 2.24) is 10.9 Å². The summed E-state index contributed by atoms with van der Waals surface area (Å²) >= 11 is 0. The number of ether oxygens (including phenoxy) is 4. The van der Waals surface area contributed by atoms with Crippen molar-refractivity contribution in [2.45, 2.75) is 39.7 Å². The molecule has 0 saturated carbocycles. The summed E-state index contributed by atoms with van der Waals surface area (Å²) in [6, 6.07) is 12.2. The fourth-order valence-corrected chi connectivity index (χ4v) is 2.68. The number of hydrazine groups is 1. The number of hydrogen-bond donors (Lipinski definition) is 2. The fraction of sp³-hybridized carbons (Fsp3) is 0.391. The van der Waals surface area contributed by atoms with Crippen LogP contribution < -0.4 is 29.8 Å². The molecular formula is C23H30N2O6. The summed E-state index contributed by atoms with van der Waals surface area (Å²) in [5, 5.41) is 0. The number of para-hydroxylation sites is 2. The van der Waals surface area contributed by atoms with Crippen LogP contribution >= 0.6 is 0 Å². The molecule has 2 N–H and O–H groups in total. The van der Waals surface area contributed by atoms with Crippen LogP contribution in [-0.2, 0) is 4.79 Å². The molecule has 0 radical (unpaired) electrons. The summed E-state index contributed by atoms with van der Waals surface area (Å²) in [5.41, 5.74) is 5.14. The summed E-state index contributed by atoms with van der Waals surface area (Å²) < 4.78 is 22.1. The lowest BCUT2D eigenvalue weighted by Gasteiger charge is -2.14. The Morgan fingerprint density at radius 3 is 2.29 bits per heavy atom. The first kappa shape index (κ1) is 23.9. The summed E-state index contributed by atoms with van der Waals surface area (Å²) in [6.45, 7) is 6.60. The average Bonchev–Trinajstić information content (AvgIpc) is 2.76. The Morgan fingerprint density at radius 2 is 1.65 bits per heavy atom. The SMILES string of the molecule is CCOc1ccccc1OCCCC(=O)NNC(=O)c1ccc(OC(C)C)c(OC)c1. The lowest BCUT2D eigenvalue weighted by atomic mass is 10.2. The molecule has 8 nitrogen and oxygen atoms in total. The summed E-state index contributed by atoms with van der Waals surface area (Å²) in [6.07, 6.45) is 0.656. The van der Waals surface area contributed by atoms with Crippen molar-refractivity contribution in [2.24, 2.45) is 0 Å². The van der Waals surface area contributed by atoms with Crippen molar-refractivity contribution in [3.8, 4) is 23.0 Å². The number of benzene rings is 2. The van der Waals surface area contributed by atoms with Gasteiger partial charge >= 0.3 is 0 Å². The van der Waals surface area contributed by atoms with Crippen molar-refractivity contribution in [3.63, 3.8) is 0 Å². The number of amides is 2. The number of hydrogen-bond acceptors (Lipinski definition) is 6. The average molecular weight is 431 g/mol. The van der Waals surface area contributed by atoms with E-state index in [9.17, 15) is 9.59 Å². The Kier molecular flexibility index (Phi) is 9.48. The minimum Gasteiger partial charge on any atom is -0.493 e. The van der Waals surface area contributed by atoms with E-state index in [1.807, 2.05) is 45.0 Å². The zero-order valence-electron chi connectivity index (χ0n) is 18.4. The molecule has 0 spiro atoms. The summed E-state index contributed by atoms with van der Waals surface area (Å²) in [4.78, 5) is 24.3. The summed E-state index contributed by atoms with van der Waals surface area (Å²) in [5.74, 6) is 1.52. The van der Waals surface area contributed by atoms with Gasteiger partial charge in [-0.05, 0) is 57.5 Å². The standard InChI is InChI=1S/C23H30N2O6/c1-5-29-18-9-6-7-10-19(18)30-14-8-11-22(26)24-25-23(27)17-12-13-20(31-16(2)3)21(15-17)28-4/h6-7,9-10,12-13,15-16H,5,8,11,14H2,1-4H3,(H,24,26)(H,25,27). The van der Waals surface area contributed by atoms with Crippen LogP contribution in [0.1, 0.15) is 44.0 Å². The summed E-state index contributed by atoms with van der Waals surface area (Å²) in [7, 11) is 1.50. The van der Waals surface area contributed by atoms with Crippen LogP contribution in [0.3, 0.4) is 0 Å². The maximum Gasteiger partial charge on any atom is 0.269 e. The number of nitrogens with one attached hydrogen (secondary N) is 2. The molecule has 0 aliphatic carbocycles. The van der Waals surface area contributed by atoms with Gasteiger partial charge in [-0.3, -0.25) is 20.4 Å². The van der Waals surface area contributed by atoms with Gasteiger partial charge in [0.1, 0.15) is 0 Å². The third-order valence-electron chi connectivity index (χ3n) is 4.06. The molecule has 2 aromatic rings. The van der Waals surface area contributed by atoms with Crippen LogP contribution in [0.4, 0.5) is 0 Å². The van der Waals surface area contributed by atoms with E-state index in [0.717, 1.165) is 0 Å². The number of methoxy groups -OCH3 is 1. The van der Waals surface area contributed by atoms with E-state index in [1.54, 1.807) is 18.2 Å². The van der Waals surface area contributed by atoms with E-state index in [-0.39, 0.29) is 18.4 Å². The second-order valence-electron chi connectivity index (χ2n) is 6.87. The van der Waals surface area contributed by atoms with Gasteiger partial charge in [0.25, 0.3) is 5.91 Å². The van der Waals surface area contributed by atoms with Gasteiger partial charge in [0.15, 0.2) is 23.0 Å². The molecule has 2 amide bonds. The van der Waals surface area contributed by atoms with Crippen LogP contribution in [0.25, 0.3) is 0 Å². The van der Waals surface area contributed by atoms with E-state index in [0.29, 0.717) is 48.2 Å². The highest BCUT2D eigenvalue weighted by Gasteiger charge is 2.13. The van der Waals surface area contributed by atoms with Crippen LogP contribution in [-0.4, -0.2) is 38.2 Å². The Morgan fingerprint density at radius 1 is 0.935 bits per heavy atom. The largest absolute Gasteiger partial charge is 0.493 e. The third-order valence-corrected chi connectivity index (χ3v) is 4.06. The maximum absolute atomic E-state index is 12.3. The highest BCUT2D eigenvalue weighted by molar-refractivity contribution is 5.96. The second-order valence-corrected chi connectivity index (χ2v) is 6.87. The molecule has 2 rings (SSSR count). The zero-order chi connectivity index (χ0) is 22.6. The van der Waals surface area contributed by atoms with Crippen LogP contribution in [0.2, 0.25) is 0 Å². The van der Waals surface area contributed by atoms with Crippen molar-refractivity contribution < 1.29 is 28.5 Å². The molecule has 0 atom stereocenters. The van der Waals surface area contributed by atoms with E-state index >= 15 is 0 Å². The number of carbonyl (C=O) groups is 2. The van der Waals surface area contributed by atoms with Crippen molar-refractivity contribution in [1.29, 1.82) is 0 Å². The minimum atomic E-state index is -0.454. The molecule has 0 unspecified atom stereocenters. The maximum atomic E-state index is 12.3. The van der Waals surface area contributed by atoms with E-state index < -0.39 is 5.91 Å². The first-order chi connectivity index (χ1) is 14.9. The highest BCUT2D eigenvalue weighted by Crippen LogP contribution is 2.29. The van der Waals surface area contributed by atoms with E-state index in [4.69, 9.17) is 18.9 Å². The van der Waals surface area contributed by atoms with E-state index in [2.05, 4.69) is 10.9 Å². The van der Waals surface area contributed by atoms with E-state index in [1.165, 1.54) is 7.11 Å². The molecular weight excluding hydrogens is 400 g/mol. The van der Waals surface area contributed by atoms with Gasteiger partial charge in [-0.15, -0.1) is 0 Å². The number of rotatable bonds is 11. The zero-order valence-corrected chi connectivity index (χ0v) is 18.4. The van der Waals surface area contributed by atoms with Gasteiger partial charge in [0, 0.05) is 12.0 Å². The van der Waals surface area contributed by atoms with Gasteiger partial charge in [-0.2, -0.15) is 0 Å². The molecule has 8 heteroatoms. The molecule has 0 bridgehead atoms. The van der Waals surface area contributed by atoms with Crippen molar-refractivity contribution in [2.75, 3.05) is 20.3 Å². The minimum absolute atomic E-state index is 0.0236. The van der Waals surface area contributed by atoms with Crippen LogP contribution in [0.15, 0.2) is 42.5 Å². The Bertz CT molecular complexity index is 869. The van der Waals surface area contributed by atoms with Gasteiger partial charge in [0.05, 0.1) is 26.4 Å². The molecule has 0 aliphatic heterocycles. The number of carbonyl (C=O) groups excluding carboxylic acids is 2. The van der Waals surface area contributed by atoms with Crippen LogP contribution in [0, 0.1) is 0 Å². The monoisotopic (exact) mass is 430 g/mol. The normalized spacial score (nSPS) is 10.4. The topological polar surface area (TPSA) is 95.1 Å². The Labute approximate surface area is 182 Å². The first-order valence-corrected chi connectivity index (χ1v) is 10.2. The predicted octanol–water partition coefficient (Wildman–Crippen LogP) is 3.50. The second kappa shape index (κ2) is 12.3. The molecule has 2 aromatic carbocycles. The first-order valence-electron chi connectivity index (χ1n) is 10.2. The van der Waals surface area contributed by atoms with Crippen LogP contribution in [0.5, 0.6) is 23.0 Å². The molecule has 0 fully saturated rings. The Hall–Kier alpha value is -3.42. The van der Waals surface area contributed by atoms with Gasteiger partial charge in [-0.25, -0.2) is 0 Å². The fourth-order valence-electron chi connectivity index (χ4n) is 2.68. The molecule has 168 valence electrons. The smallest absolute Gasteiger partial charge is 0.269 e. The molecule has 31 heavy (non-hydrogen) atoms. The molecule has 0 aliphatic rings. The lowest BCUT2D eigenvalue weighted by molar-refractivity contribution is -0.122. The quantitative estimate of drug-likeness (QED) is 0.419. The lowest BCUT2D eigenvalue weighted by Crippen LogP contribution is -2.41. The van der Waals surface area contributed by atoms with Crippen molar-refractivity contribution >= 4 is 11.8 Å². The highest BCUT2D eigenvalue weighted by atomic mass is 16.5. The molecule has 0 heterocycles. The third kappa shape index (κ3) is 7.73. The molecule has 0 saturated heterocycles. The van der Waals surface area contributed by atoms with Crippen molar-refractivity contribution in [3.05, 3.63) is 48.0 Å². The van der Waals surface area contributed by atoms with Gasteiger partial charge in [0.2, 0.25) is 5.91 Å². The Balaban J connectivity index is 1.76. The molecule has 0 aromatic heterocycles. The predicted molar refractivity (Wildman–Crippen MR) is 117 cm³/mol. The van der Waals surface area contributed by atoms with Gasteiger partial charge in [-0.1, -0.05) is 12.1 Å².